The first kappa shape index (κ1) is 18.5. The van der Waals surface area contributed by atoms with Crippen LogP contribution in [0.2, 0.25) is 5.02 Å². The van der Waals surface area contributed by atoms with Crippen LogP contribution in [0.15, 0.2) is 60.9 Å². The van der Waals surface area contributed by atoms with E-state index in [0.717, 1.165) is 11.3 Å². The van der Waals surface area contributed by atoms with Crippen LogP contribution in [0.1, 0.15) is 32.1 Å². The summed E-state index contributed by atoms with van der Waals surface area (Å²) in [5.41, 5.74) is 2.58. The number of nitrogens with zero attached hydrogens (tertiary/aromatic N) is 2. The van der Waals surface area contributed by atoms with Gasteiger partial charge in [0.15, 0.2) is 0 Å². The van der Waals surface area contributed by atoms with Crippen LogP contribution in [0, 0.1) is 6.92 Å². The van der Waals surface area contributed by atoms with Gasteiger partial charge >= 0.3 is 0 Å². The van der Waals surface area contributed by atoms with Gasteiger partial charge in [-0.25, -0.2) is 0 Å². The van der Waals surface area contributed by atoms with Gasteiger partial charge < -0.3 is 10.6 Å². The molecular weight excluding hydrogens is 364 g/mol. The van der Waals surface area contributed by atoms with E-state index >= 15 is 0 Å². The van der Waals surface area contributed by atoms with E-state index in [-0.39, 0.29) is 11.6 Å². The summed E-state index contributed by atoms with van der Waals surface area (Å²) < 4.78 is 0. The molecule has 0 saturated carbocycles. The standard InChI is InChI=1S/C20H17ClN4O2/c1-13-16(21)6-4-7-17(13)25-20(27)18-11-14(8-10-23-18)19(26)24-12-15-5-2-3-9-22-15/h2-11H,12H2,1H3,(H,24,26)(H,25,27). The summed E-state index contributed by atoms with van der Waals surface area (Å²) in [5, 5.41) is 6.09. The number of carbonyl (C=O) groups excluding carboxylic acids is 2. The third-order valence-corrected chi connectivity index (χ3v) is 4.34. The smallest absolute Gasteiger partial charge is 0.274 e. The number of rotatable bonds is 5. The van der Waals surface area contributed by atoms with Crippen LogP contribution in [-0.4, -0.2) is 21.8 Å². The molecule has 3 rings (SSSR count). The lowest BCUT2D eigenvalue weighted by atomic mass is 10.1. The first-order valence-corrected chi connectivity index (χ1v) is 8.63. The zero-order valence-corrected chi connectivity index (χ0v) is 15.3. The zero-order valence-electron chi connectivity index (χ0n) is 14.6. The van der Waals surface area contributed by atoms with Gasteiger partial charge in [0.25, 0.3) is 11.8 Å². The molecule has 0 aliphatic carbocycles. The average Bonchev–Trinajstić information content (AvgIpc) is 2.70. The highest BCUT2D eigenvalue weighted by Gasteiger charge is 2.13. The molecule has 0 atom stereocenters. The van der Waals surface area contributed by atoms with Gasteiger partial charge in [-0.15, -0.1) is 0 Å². The summed E-state index contributed by atoms with van der Waals surface area (Å²) in [7, 11) is 0. The number of aromatic nitrogens is 2. The quantitative estimate of drug-likeness (QED) is 0.708. The van der Waals surface area contributed by atoms with E-state index in [1.54, 1.807) is 36.5 Å². The van der Waals surface area contributed by atoms with Crippen LogP contribution in [-0.2, 0) is 6.54 Å². The molecule has 0 saturated heterocycles. The van der Waals surface area contributed by atoms with Crippen molar-refractivity contribution in [1.29, 1.82) is 0 Å². The first-order valence-electron chi connectivity index (χ1n) is 8.25. The van der Waals surface area contributed by atoms with Crippen molar-refractivity contribution in [2.24, 2.45) is 0 Å². The van der Waals surface area contributed by atoms with E-state index in [4.69, 9.17) is 11.6 Å². The minimum Gasteiger partial charge on any atom is -0.346 e. The van der Waals surface area contributed by atoms with Crippen LogP contribution < -0.4 is 10.6 Å². The fourth-order valence-corrected chi connectivity index (χ4v) is 2.58. The van der Waals surface area contributed by atoms with Crippen LogP contribution in [0.5, 0.6) is 0 Å². The maximum Gasteiger partial charge on any atom is 0.274 e. The van der Waals surface area contributed by atoms with Gasteiger partial charge in [0, 0.05) is 28.7 Å². The maximum absolute atomic E-state index is 12.5. The Hall–Kier alpha value is -3.25. The van der Waals surface area contributed by atoms with E-state index in [1.807, 2.05) is 19.1 Å². The van der Waals surface area contributed by atoms with Gasteiger partial charge in [0.2, 0.25) is 0 Å². The molecule has 0 aliphatic heterocycles. The number of hydrogen-bond donors (Lipinski definition) is 2. The molecule has 0 radical (unpaired) electrons. The maximum atomic E-state index is 12.5. The molecule has 2 heterocycles. The Morgan fingerprint density at radius 1 is 1.00 bits per heavy atom. The number of hydrogen-bond acceptors (Lipinski definition) is 4. The molecule has 2 N–H and O–H groups in total. The highest BCUT2D eigenvalue weighted by atomic mass is 35.5. The Balaban J connectivity index is 1.70. The largest absolute Gasteiger partial charge is 0.346 e. The van der Waals surface area contributed by atoms with Crippen molar-refractivity contribution in [1.82, 2.24) is 15.3 Å². The Bertz CT molecular complexity index is 977. The van der Waals surface area contributed by atoms with Crippen molar-refractivity contribution in [3.8, 4) is 0 Å². The molecule has 0 spiro atoms. The summed E-state index contributed by atoms with van der Waals surface area (Å²) in [6.45, 7) is 2.11. The Morgan fingerprint density at radius 3 is 2.63 bits per heavy atom. The molecule has 0 bridgehead atoms. The van der Waals surface area contributed by atoms with Crippen LogP contribution >= 0.6 is 11.6 Å². The Kier molecular flexibility index (Phi) is 5.78. The molecule has 7 heteroatoms. The monoisotopic (exact) mass is 380 g/mol. The highest BCUT2D eigenvalue weighted by molar-refractivity contribution is 6.31. The molecule has 0 aliphatic rings. The molecule has 27 heavy (non-hydrogen) atoms. The van der Waals surface area contributed by atoms with Gasteiger partial charge in [-0.05, 0) is 48.9 Å². The molecule has 1 aromatic carbocycles. The zero-order chi connectivity index (χ0) is 19.2. The van der Waals surface area contributed by atoms with Gasteiger partial charge in [0.1, 0.15) is 5.69 Å². The second-order valence-electron chi connectivity index (χ2n) is 5.80. The second kappa shape index (κ2) is 8.42. The molecule has 2 amide bonds. The van der Waals surface area contributed by atoms with Crippen molar-refractivity contribution in [2.45, 2.75) is 13.5 Å². The van der Waals surface area contributed by atoms with Gasteiger partial charge in [0.05, 0.1) is 12.2 Å². The van der Waals surface area contributed by atoms with Crippen molar-refractivity contribution < 1.29 is 9.59 Å². The van der Waals surface area contributed by atoms with Crippen molar-refractivity contribution >= 4 is 29.1 Å². The molecule has 2 aromatic heterocycles. The van der Waals surface area contributed by atoms with E-state index in [9.17, 15) is 9.59 Å². The fraction of sp³-hybridized carbons (Fsp3) is 0.100. The Labute approximate surface area is 161 Å². The molecule has 0 fully saturated rings. The van der Waals surface area contributed by atoms with Gasteiger partial charge in [-0.1, -0.05) is 23.7 Å². The SMILES string of the molecule is Cc1c(Cl)cccc1NC(=O)c1cc(C(=O)NCc2ccccn2)ccn1. The Morgan fingerprint density at radius 2 is 1.85 bits per heavy atom. The van der Waals surface area contributed by atoms with Crippen molar-refractivity contribution in [2.75, 3.05) is 5.32 Å². The third-order valence-electron chi connectivity index (χ3n) is 3.93. The van der Waals surface area contributed by atoms with Gasteiger partial charge in [-0.2, -0.15) is 0 Å². The molecule has 136 valence electrons. The number of halogens is 1. The minimum absolute atomic E-state index is 0.139. The fourth-order valence-electron chi connectivity index (χ4n) is 2.40. The summed E-state index contributed by atoms with van der Waals surface area (Å²) in [4.78, 5) is 33.0. The van der Waals surface area contributed by atoms with Crippen LogP contribution in [0.3, 0.4) is 0 Å². The predicted molar refractivity (Wildman–Crippen MR) is 104 cm³/mol. The van der Waals surface area contributed by atoms with Crippen molar-refractivity contribution in [3.63, 3.8) is 0 Å². The summed E-state index contributed by atoms with van der Waals surface area (Å²) in [6.07, 6.45) is 3.09. The van der Waals surface area contributed by atoms with E-state index in [2.05, 4.69) is 20.6 Å². The van der Waals surface area contributed by atoms with Crippen LogP contribution in [0.25, 0.3) is 0 Å². The second-order valence-corrected chi connectivity index (χ2v) is 6.21. The highest BCUT2D eigenvalue weighted by Crippen LogP contribution is 2.23. The van der Waals surface area contributed by atoms with Crippen molar-refractivity contribution in [3.05, 3.63) is 88.5 Å². The number of anilines is 1. The summed E-state index contributed by atoms with van der Waals surface area (Å²) in [6, 6.07) is 13.7. The average molecular weight is 381 g/mol. The molecule has 3 aromatic rings. The topological polar surface area (TPSA) is 84.0 Å². The van der Waals surface area contributed by atoms with Crippen LogP contribution in [0.4, 0.5) is 5.69 Å². The first-order chi connectivity index (χ1) is 13.0. The summed E-state index contributed by atoms with van der Waals surface area (Å²) >= 11 is 6.07. The number of pyridine rings is 2. The molecule has 0 unspecified atom stereocenters. The molecular formula is C20H17ClN4O2. The number of nitrogens with one attached hydrogen (secondary N) is 2. The van der Waals surface area contributed by atoms with E-state index in [1.165, 1.54) is 12.3 Å². The lowest BCUT2D eigenvalue weighted by molar-refractivity contribution is 0.0950. The normalized spacial score (nSPS) is 10.3. The van der Waals surface area contributed by atoms with E-state index < -0.39 is 5.91 Å². The lowest BCUT2D eigenvalue weighted by Crippen LogP contribution is -2.24. The predicted octanol–water partition coefficient (Wildman–Crippen LogP) is 3.62. The minimum atomic E-state index is -0.417. The third kappa shape index (κ3) is 4.68. The summed E-state index contributed by atoms with van der Waals surface area (Å²) in [5.74, 6) is -0.726. The number of amides is 2. The van der Waals surface area contributed by atoms with Gasteiger partial charge in [-0.3, -0.25) is 19.6 Å². The number of benzene rings is 1. The lowest BCUT2D eigenvalue weighted by Gasteiger charge is -2.10. The number of carbonyl (C=O) groups is 2. The molecule has 6 nitrogen and oxygen atoms in total. The van der Waals surface area contributed by atoms with E-state index in [0.29, 0.717) is 22.8 Å².